The van der Waals surface area contributed by atoms with Gasteiger partial charge in [0.15, 0.2) is 5.71 Å². The number of anilines is 1. The minimum atomic E-state index is -4.47. The van der Waals surface area contributed by atoms with E-state index in [-0.39, 0.29) is 66.7 Å². The van der Waals surface area contributed by atoms with E-state index in [4.69, 9.17) is 18.6 Å². The lowest BCUT2D eigenvalue weighted by Crippen LogP contribution is -2.30. The van der Waals surface area contributed by atoms with E-state index in [0.717, 1.165) is 6.07 Å². The number of carboxylic acid groups (broad SMARTS) is 1. The lowest BCUT2D eigenvalue weighted by molar-refractivity contribution is -0.437. The summed E-state index contributed by atoms with van der Waals surface area (Å²) >= 11 is 0. The van der Waals surface area contributed by atoms with Crippen LogP contribution in [-0.2, 0) is 60.8 Å². The van der Waals surface area contributed by atoms with Gasteiger partial charge < -0.3 is 19.5 Å². The molecule has 0 aliphatic carbocycles. The molecule has 0 saturated heterocycles. The molecule has 63 heavy (non-hydrogen) atoms. The van der Waals surface area contributed by atoms with Gasteiger partial charge in [-0.3, -0.25) is 18.2 Å². The third-order valence-electron chi connectivity index (χ3n) is 10.4. The van der Waals surface area contributed by atoms with Crippen molar-refractivity contribution in [1.29, 1.82) is 0 Å². The zero-order chi connectivity index (χ0) is 47.5. The average Bonchev–Trinajstić information content (AvgIpc) is 3.47. The molecule has 0 saturated carbocycles. The predicted octanol–water partition coefficient (Wildman–Crippen LogP) is 3.73. The molecule has 0 bridgehead atoms. The van der Waals surface area contributed by atoms with E-state index in [1.165, 1.54) is 12.1 Å². The summed E-state index contributed by atoms with van der Waals surface area (Å²) < 4.78 is 142. The average molecular weight is 964 g/mol. The Bertz CT molecular complexity index is 2720. The van der Waals surface area contributed by atoms with Crippen molar-refractivity contribution < 1.29 is 85.4 Å². The highest BCUT2D eigenvalue weighted by atomic mass is 32.2. The van der Waals surface area contributed by atoms with Crippen LogP contribution in [0, 0.1) is 6.92 Å². The minimum absolute atomic E-state index is 0.0269. The van der Waals surface area contributed by atoms with Crippen molar-refractivity contribution in [2.45, 2.75) is 71.1 Å². The largest absolute Gasteiger partial charge is 0.478 e. The monoisotopic (exact) mass is 963 g/mol. The molecular weight excluding hydrogens is 913 g/mol. The van der Waals surface area contributed by atoms with Crippen LogP contribution in [0.1, 0.15) is 101 Å². The first-order valence-corrected chi connectivity index (χ1v) is 25.8. The Morgan fingerprint density at radius 1 is 0.683 bits per heavy atom. The van der Waals surface area contributed by atoms with Gasteiger partial charge in [0.1, 0.15) is 6.54 Å². The topological polar surface area (TPSA) is 314 Å². The summed E-state index contributed by atoms with van der Waals surface area (Å²) in [7, 11) is -17.6. The number of ether oxygens (including phenoxy) is 2. The number of esters is 2. The second-order valence-electron chi connectivity index (χ2n) is 16.1. The van der Waals surface area contributed by atoms with Crippen LogP contribution in [0.25, 0.3) is 0 Å². The summed E-state index contributed by atoms with van der Waals surface area (Å²) in [6.07, 6.45) is 4.15. The van der Waals surface area contributed by atoms with Crippen molar-refractivity contribution in [3.63, 3.8) is 0 Å². The molecule has 348 valence electrons. The number of hydrogen-bond donors (Lipinski definition) is 5. The fourth-order valence-corrected chi connectivity index (χ4v) is 9.82. The van der Waals surface area contributed by atoms with Crippen molar-refractivity contribution in [2.24, 2.45) is 0 Å². The fourth-order valence-electron chi connectivity index (χ4n) is 7.86. The summed E-state index contributed by atoms with van der Waals surface area (Å²) in [5, 5.41) is 10.2. The molecule has 2 aromatic carbocycles. The number of hydrogen-bond acceptors (Lipinski definition) is 14. The molecule has 24 heteroatoms. The Kier molecular flexibility index (Phi) is 15.6. The molecule has 2 aromatic rings. The van der Waals surface area contributed by atoms with Crippen LogP contribution in [0.15, 0.2) is 48.2 Å². The minimum Gasteiger partial charge on any atom is -0.478 e. The Morgan fingerprint density at radius 2 is 1.21 bits per heavy atom. The van der Waals surface area contributed by atoms with Crippen LogP contribution in [0.3, 0.4) is 0 Å². The van der Waals surface area contributed by atoms with Gasteiger partial charge in [-0.15, -0.1) is 0 Å². The van der Waals surface area contributed by atoms with Gasteiger partial charge in [-0.05, 0) is 69.9 Å². The highest BCUT2D eigenvalue weighted by Crippen LogP contribution is 2.50. The number of nitrogens with zero attached hydrogens (tertiary/aromatic N) is 2. The van der Waals surface area contributed by atoms with Crippen molar-refractivity contribution >= 4 is 75.5 Å². The molecule has 20 nitrogen and oxygen atoms in total. The number of carboxylic acids is 1. The van der Waals surface area contributed by atoms with Gasteiger partial charge in [0.2, 0.25) is 5.69 Å². The smallest absolute Gasteiger partial charge is 0.338 e. The quantitative estimate of drug-likeness (QED) is 0.0515. The first-order valence-electron chi connectivity index (χ1n) is 19.4. The summed E-state index contributed by atoms with van der Waals surface area (Å²) in [5.41, 5.74) is 0.440. The maximum absolute atomic E-state index is 13.8. The first-order chi connectivity index (χ1) is 28.8. The highest BCUT2D eigenvalue weighted by Gasteiger charge is 2.48. The second-order valence-corrected chi connectivity index (χ2v) is 22.4. The van der Waals surface area contributed by atoms with Gasteiger partial charge in [0, 0.05) is 47.5 Å². The number of fused-ring (bicyclic) bond motifs is 2. The van der Waals surface area contributed by atoms with E-state index in [2.05, 4.69) is 0 Å². The van der Waals surface area contributed by atoms with Gasteiger partial charge >= 0.3 is 17.9 Å². The molecule has 0 atom stereocenters. The van der Waals surface area contributed by atoms with E-state index in [1.54, 1.807) is 68.4 Å². The Hall–Kier alpha value is -4.56. The van der Waals surface area contributed by atoms with Gasteiger partial charge in [0.25, 0.3) is 40.5 Å². The maximum Gasteiger partial charge on any atom is 0.338 e. The molecule has 2 aliphatic rings. The van der Waals surface area contributed by atoms with Crippen molar-refractivity contribution in [3.05, 3.63) is 81.6 Å². The van der Waals surface area contributed by atoms with E-state index >= 15 is 0 Å². The van der Waals surface area contributed by atoms with Crippen LogP contribution in [0.5, 0.6) is 0 Å². The molecule has 5 N–H and O–H groups in total. The molecule has 2 aliphatic heterocycles. The van der Waals surface area contributed by atoms with Crippen molar-refractivity contribution in [1.82, 2.24) is 0 Å². The zero-order valence-corrected chi connectivity index (χ0v) is 38.4. The molecule has 0 unspecified atom stereocenters. The predicted molar refractivity (Wildman–Crippen MR) is 230 cm³/mol. The maximum atomic E-state index is 13.8. The number of aromatic carboxylic acids is 1. The molecule has 0 radical (unpaired) electrons. The van der Waals surface area contributed by atoms with E-state index < -0.39 is 105 Å². The molecule has 0 amide bonds. The number of rotatable bonds is 21. The van der Waals surface area contributed by atoms with E-state index in [9.17, 15) is 62.3 Å². The van der Waals surface area contributed by atoms with E-state index in [1.807, 2.05) is 0 Å². The van der Waals surface area contributed by atoms with Crippen LogP contribution >= 0.6 is 0 Å². The highest BCUT2D eigenvalue weighted by molar-refractivity contribution is 7.86. The lowest BCUT2D eigenvalue weighted by atomic mass is 9.78. The fraction of sp³-hybridized carbons (Fsp3) is 0.487. The summed E-state index contributed by atoms with van der Waals surface area (Å²) in [5.74, 6) is -5.93. The van der Waals surface area contributed by atoms with Gasteiger partial charge in [-0.2, -0.15) is 38.2 Å². The Balaban J connectivity index is 1.91. The van der Waals surface area contributed by atoms with Crippen molar-refractivity contribution in [2.75, 3.05) is 54.2 Å². The number of benzene rings is 2. The summed E-state index contributed by atoms with van der Waals surface area (Å²) in [6.45, 7) is 7.72. The van der Waals surface area contributed by atoms with Crippen LogP contribution in [-0.4, -0.2) is 134 Å². The SMILES string of the molecule is Cc1cc(C(=O)O)c2c(c1)N(CCCS(=O)(=O)O)/C(=C/C=C/C1=[N+](CCCS(=O)(=O)O)c3cc(C(=O)OCCCS(=O)(=O)O)cc(C(=O)OCCCS(=O)(=O)O)c3C1(C)C)C2(C)C. The van der Waals surface area contributed by atoms with Crippen LogP contribution < -0.4 is 4.90 Å². The van der Waals surface area contributed by atoms with Gasteiger partial charge in [0.05, 0.1) is 63.9 Å². The third kappa shape index (κ3) is 13.2. The Morgan fingerprint density at radius 3 is 1.75 bits per heavy atom. The first kappa shape index (κ1) is 51.1. The third-order valence-corrected chi connectivity index (χ3v) is 13.6. The lowest BCUT2D eigenvalue weighted by Gasteiger charge is -2.27. The number of carbonyl (C=O) groups is 3. The number of carbonyl (C=O) groups excluding carboxylic acids is 2. The molecular formula is C39H51N2O18S4+. The van der Waals surface area contributed by atoms with Crippen LogP contribution in [0.4, 0.5) is 11.4 Å². The summed E-state index contributed by atoms with van der Waals surface area (Å²) in [6, 6.07) is 5.81. The standard InChI is InChI=1S/C39H50N2O18S4/c1-25-21-27(35(42)43)33-29(22-25)40(13-7-17-60(46,47)48)31(38(33,2)3)11-6-12-32-39(4,5)34-28(37(45)59-16-10-20-63(55,56)57)23-26(36(44)58-15-9-19-62(52,53)54)24-30(34)41(32)14-8-18-61(49,50)51/h6,11-12,21-24H,7-10,13-20H2,1-5H3,(H4-,42,43,46,47,48,49,50,51,52,53,54,55,56,57)/p+1. The number of aryl methyl sites for hydroxylation is 1. The number of allylic oxidation sites excluding steroid dienone is 4. The normalized spacial score (nSPS) is 16.7. The molecule has 4 rings (SSSR count). The van der Waals surface area contributed by atoms with E-state index in [0.29, 0.717) is 28.2 Å². The van der Waals surface area contributed by atoms with Crippen molar-refractivity contribution in [3.8, 4) is 0 Å². The zero-order valence-electron chi connectivity index (χ0n) is 35.1. The molecule has 0 aromatic heterocycles. The molecule has 0 fully saturated rings. The Labute approximate surface area is 366 Å². The molecule has 2 heterocycles. The molecule has 0 spiro atoms. The summed E-state index contributed by atoms with van der Waals surface area (Å²) in [4.78, 5) is 41.5. The van der Waals surface area contributed by atoms with Gasteiger partial charge in [-0.25, -0.2) is 14.4 Å². The van der Waals surface area contributed by atoms with Crippen LogP contribution in [0.2, 0.25) is 0 Å². The van der Waals surface area contributed by atoms with Gasteiger partial charge in [-0.1, -0.05) is 19.9 Å². The second kappa shape index (κ2) is 19.3.